The van der Waals surface area contributed by atoms with E-state index in [1.54, 1.807) is 20.0 Å². The highest BCUT2D eigenvalue weighted by Crippen LogP contribution is 2.18. The molecule has 2 N–H and O–H groups in total. The molecular weight excluding hydrogens is 264 g/mol. The van der Waals surface area contributed by atoms with E-state index in [-0.39, 0.29) is 5.69 Å². The van der Waals surface area contributed by atoms with E-state index in [2.05, 4.69) is 15.6 Å². The first kappa shape index (κ1) is 13.9. The highest BCUT2D eigenvalue weighted by atomic mass is 19.2. The van der Waals surface area contributed by atoms with Gasteiger partial charge in [0.15, 0.2) is 11.6 Å². The molecule has 0 saturated heterocycles. The second-order valence-corrected chi connectivity index (χ2v) is 4.19. The number of halogens is 2. The number of aryl methyl sites for hydroxylation is 1. The number of hydrogen-bond donors (Lipinski definition) is 2. The molecule has 4 nitrogen and oxygen atoms in total. The molecule has 1 aromatic heterocycles. The lowest BCUT2D eigenvalue weighted by Crippen LogP contribution is -2.14. The maximum atomic E-state index is 13.5. The van der Waals surface area contributed by atoms with Crippen LogP contribution in [0.1, 0.15) is 16.1 Å². The van der Waals surface area contributed by atoms with Crippen LogP contribution in [-0.2, 0) is 0 Å². The molecule has 0 aliphatic rings. The third kappa shape index (κ3) is 2.90. The normalized spacial score (nSPS) is 10.2. The fraction of sp³-hybridized carbons (Fsp3) is 0.143. The van der Waals surface area contributed by atoms with Crippen molar-refractivity contribution in [2.75, 3.05) is 17.7 Å². The number of nitrogens with zero attached hydrogens (tertiary/aromatic N) is 1. The fourth-order valence-corrected chi connectivity index (χ4v) is 1.72. The standard InChI is InChI=1S/C14H13F2N3O/c1-8-6-9(7-12(17-2)18-8)14(20)19-11-5-3-4-10(15)13(11)16/h3-7H,1-2H3,(H,17,18)(H,19,20). The topological polar surface area (TPSA) is 54.0 Å². The minimum absolute atomic E-state index is 0.199. The van der Waals surface area contributed by atoms with Gasteiger partial charge < -0.3 is 10.6 Å². The van der Waals surface area contributed by atoms with Crippen LogP contribution in [0.5, 0.6) is 0 Å². The molecule has 0 fully saturated rings. The molecule has 104 valence electrons. The van der Waals surface area contributed by atoms with E-state index in [0.717, 1.165) is 6.07 Å². The predicted octanol–water partition coefficient (Wildman–Crippen LogP) is 2.96. The number of benzene rings is 1. The van der Waals surface area contributed by atoms with Crippen LogP contribution in [0.15, 0.2) is 30.3 Å². The maximum Gasteiger partial charge on any atom is 0.255 e. The first-order valence-electron chi connectivity index (χ1n) is 5.93. The van der Waals surface area contributed by atoms with Crippen molar-refractivity contribution in [1.29, 1.82) is 0 Å². The lowest BCUT2D eigenvalue weighted by atomic mass is 10.2. The lowest BCUT2D eigenvalue weighted by Gasteiger charge is -2.09. The molecule has 0 aliphatic heterocycles. The van der Waals surface area contributed by atoms with Crippen LogP contribution in [0.4, 0.5) is 20.3 Å². The van der Waals surface area contributed by atoms with E-state index < -0.39 is 17.5 Å². The second kappa shape index (κ2) is 5.64. The number of hydrogen-bond acceptors (Lipinski definition) is 3. The Kier molecular flexibility index (Phi) is 3.93. The molecular formula is C14H13F2N3O. The molecule has 1 heterocycles. The predicted molar refractivity (Wildman–Crippen MR) is 72.8 cm³/mol. The van der Waals surface area contributed by atoms with Gasteiger partial charge in [0.25, 0.3) is 5.91 Å². The molecule has 1 amide bonds. The summed E-state index contributed by atoms with van der Waals surface area (Å²) in [6, 6.07) is 6.70. The zero-order valence-electron chi connectivity index (χ0n) is 11.0. The van der Waals surface area contributed by atoms with E-state index in [0.29, 0.717) is 17.1 Å². The number of pyridine rings is 1. The van der Waals surface area contributed by atoms with Gasteiger partial charge >= 0.3 is 0 Å². The summed E-state index contributed by atoms with van der Waals surface area (Å²) >= 11 is 0. The molecule has 1 aromatic carbocycles. The summed E-state index contributed by atoms with van der Waals surface area (Å²) in [7, 11) is 1.68. The Morgan fingerprint density at radius 1 is 1.25 bits per heavy atom. The van der Waals surface area contributed by atoms with Crippen LogP contribution in [-0.4, -0.2) is 17.9 Å². The molecule has 20 heavy (non-hydrogen) atoms. The van der Waals surface area contributed by atoms with Gasteiger partial charge in [-0.05, 0) is 31.2 Å². The third-order valence-corrected chi connectivity index (χ3v) is 2.67. The van der Waals surface area contributed by atoms with Gasteiger partial charge in [-0.25, -0.2) is 13.8 Å². The summed E-state index contributed by atoms with van der Waals surface area (Å²) in [6.07, 6.45) is 0. The molecule has 0 radical (unpaired) electrons. The summed E-state index contributed by atoms with van der Waals surface area (Å²) < 4.78 is 26.6. The zero-order chi connectivity index (χ0) is 14.7. The largest absolute Gasteiger partial charge is 0.373 e. The van der Waals surface area contributed by atoms with Crippen LogP contribution in [0.25, 0.3) is 0 Å². The molecule has 2 aromatic rings. The van der Waals surface area contributed by atoms with Crippen LogP contribution in [0, 0.1) is 18.6 Å². The van der Waals surface area contributed by atoms with Crippen molar-refractivity contribution in [1.82, 2.24) is 4.98 Å². The van der Waals surface area contributed by atoms with Gasteiger partial charge in [0.1, 0.15) is 5.82 Å². The van der Waals surface area contributed by atoms with Crippen molar-refractivity contribution in [3.05, 3.63) is 53.2 Å². The third-order valence-electron chi connectivity index (χ3n) is 2.67. The van der Waals surface area contributed by atoms with Crippen molar-refractivity contribution < 1.29 is 13.6 Å². The Morgan fingerprint density at radius 3 is 2.70 bits per heavy atom. The average Bonchev–Trinajstić information content (AvgIpc) is 2.43. The second-order valence-electron chi connectivity index (χ2n) is 4.19. The number of aromatic nitrogens is 1. The smallest absolute Gasteiger partial charge is 0.255 e. The minimum atomic E-state index is -1.08. The van der Waals surface area contributed by atoms with E-state index in [1.807, 2.05) is 0 Å². The highest BCUT2D eigenvalue weighted by molar-refractivity contribution is 6.04. The zero-order valence-corrected chi connectivity index (χ0v) is 11.0. The van der Waals surface area contributed by atoms with Gasteiger partial charge in [-0.1, -0.05) is 6.07 Å². The Bertz CT molecular complexity index is 659. The summed E-state index contributed by atoms with van der Waals surface area (Å²) in [5, 5.41) is 5.16. The van der Waals surface area contributed by atoms with Crippen molar-refractivity contribution in [3.8, 4) is 0 Å². The molecule has 0 saturated carbocycles. The fourth-order valence-electron chi connectivity index (χ4n) is 1.72. The number of amides is 1. The number of nitrogens with one attached hydrogen (secondary N) is 2. The molecule has 0 bridgehead atoms. The van der Waals surface area contributed by atoms with Crippen molar-refractivity contribution in [2.24, 2.45) is 0 Å². The van der Waals surface area contributed by atoms with Gasteiger partial charge in [0.05, 0.1) is 5.69 Å². The van der Waals surface area contributed by atoms with Gasteiger partial charge in [0, 0.05) is 18.3 Å². The summed E-state index contributed by atoms with van der Waals surface area (Å²) in [4.78, 5) is 16.2. The molecule has 6 heteroatoms. The summed E-state index contributed by atoms with van der Waals surface area (Å²) in [5.41, 5.74) is 0.752. The first-order chi connectivity index (χ1) is 9.51. The highest BCUT2D eigenvalue weighted by Gasteiger charge is 2.13. The van der Waals surface area contributed by atoms with Gasteiger partial charge in [0.2, 0.25) is 0 Å². The quantitative estimate of drug-likeness (QED) is 0.907. The molecule has 2 rings (SSSR count). The Hall–Kier alpha value is -2.50. The van der Waals surface area contributed by atoms with Crippen LogP contribution < -0.4 is 10.6 Å². The monoisotopic (exact) mass is 277 g/mol. The van der Waals surface area contributed by atoms with Crippen molar-refractivity contribution in [2.45, 2.75) is 6.92 Å². The van der Waals surface area contributed by atoms with Gasteiger partial charge in [-0.15, -0.1) is 0 Å². The van der Waals surface area contributed by atoms with E-state index in [9.17, 15) is 13.6 Å². The van der Waals surface area contributed by atoms with Crippen LogP contribution in [0.2, 0.25) is 0 Å². The van der Waals surface area contributed by atoms with E-state index in [1.165, 1.54) is 18.2 Å². The minimum Gasteiger partial charge on any atom is -0.373 e. The van der Waals surface area contributed by atoms with Crippen LogP contribution >= 0.6 is 0 Å². The Labute approximate surface area is 114 Å². The number of carbonyl (C=O) groups excluding carboxylic acids is 1. The Morgan fingerprint density at radius 2 is 2.00 bits per heavy atom. The number of anilines is 2. The Balaban J connectivity index is 2.28. The van der Waals surface area contributed by atoms with E-state index >= 15 is 0 Å². The van der Waals surface area contributed by atoms with Crippen LogP contribution in [0.3, 0.4) is 0 Å². The van der Waals surface area contributed by atoms with Crippen molar-refractivity contribution in [3.63, 3.8) is 0 Å². The SMILES string of the molecule is CNc1cc(C(=O)Nc2cccc(F)c2F)cc(C)n1. The molecule has 0 unspecified atom stereocenters. The van der Waals surface area contributed by atoms with Gasteiger partial charge in [-0.3, -0.25) is 4.79 Å². The lowest BCUT2D eigenvalue weighted by molar-refractivity contribution is 0.102. The van der Waals surface area contributed by atoms with Crippen molar-refractivity contribution >= 4 is 17.4 Å². The van der Waals surface area contributed by atoms with E-state index in [4.69, 9.17) is 0 Å². The number of carbonyl (C=O) groups is 1. The van der Waals surface area contributed by atoms with Gasteiger partial charge in [-0.2, -0.15) is 0 Å². The molecule has 0 aliphatic carbocycles. The molecule has 0 spiro atoms. The molecule has 0 atom stereocenters. The summed E-state index contributed by atoms with van der Waals surface area (Å²) in [5.74, 6) is -2.10. The first-order valence-corrected chi connectivity index (χ1v) is 5.93. The summed E-state index contributed by atoms with van der Waals surface area (Å²) in [6.45, 7) is 1.74. The average molecular weight is 277 g/mol. The number of rotatable bonds is 3. The maximum absolute atomic E-state index is 13.5.